The maximum absolute atomic E-state index is 13.0. The third-order valence-corrected chi connectivity index (χ3v) is 2.98. The van der Waals surface area contributed by atoms with E-state index in [0.29, 0.717) is 4.47 Å². The van der Waals surface area contributed by atoms with Crippen molar-refractivity contribution in [3.63, 3.8) is 0 Å². The number of benzene rings is 2. The third-order valence-electron chi connectivity index (χ3n) is 2.49. The van der Waals surface area contributed by atoms with E-state index in [1.807, 2.05) is 0 Å². The summed E-state index contributed by atoms with van der Waals surface area (Å²) in [5.41, 5.74) is 0.254. The van der Waals surface area contributed by atoms with E-state index in [-0.39, 0.29) is 23.5 Å². The molecule has 0 aliphatic carbocycles. The highest BCUT2D eigenvalue weighted by molar-refractivity contribution is 9.10. The number of halogens is 3. The smallest absolute Gasteiger partial charge is 0.339 e. The summed E-state index contributed by atoms with van der Waals surface area (Å²) in [6, 6.07) is 7.44. The lowest BCUT2D eigenvalue weighted by molar-refractivity contribution is 0.0691. The van der Waals surface area contributed by atoms with Gasteiger partial charge in [0, 0.05) is 10.5 Å². The van der Waals surface area contributed by atoms with E-state index in [1.165, 1.54) is 12.1 Å². The largest absolute Gasteiger partial charge is 0.488 e. The minimum atomic E-state index is -1.14. The summed E-state index contributed by atoms with van der Waals surface area (Å²) in [5, 5.41) is 9.03. The Bertz CT molecular complexity index is 639. The van der Waals surface area contributed by atoms with Gasteiger partial charge in [-0.1, -0.05) is 15.9 Å². The van der Waals surface area contributed by atoms with Crippen LogP contribution in [0.4, 0.5) is 8.78 Å². The second kappa shape index (κ2) is 6.00. The zero-order chi connectivity index (χ0) is 14.7. The maximum Gasteiger partial charge on any atom is 0.339 e. The monoisotopic (exact) mass is 342 g/mol. The summed E-state index contributed by atoms with van der Waals surface area (Å²) in [6.07, 6.45) is 0. The summed E-state index contributed by atoms with van der Waals surface area (Å²) in [7, 11) is 0. The number of ether oxygens (including phenoxy) is 1. The van der Waals surface area contributed by atoms with Crippen molar-refractivity contribution in [2.24, 2.45) is 0 Å². The van der Waals surface area contributed by atoms with Crippen LogP contribution in [0.2, 0.25) is 0 Å². The highest BCUT2D eigenvalue weighted by atomic mass is 79.9. The number of hydrogen-bond donors (Lipinski definition) is 1. The number of rotatable bonds is 4. The predicted octanol–water partition coefficient (Wildman–Crippen LogP) is 4.00. The van der Waals surface area contributed by atoms with Crippen molar-refractivity contribution in [2.75, 3.05) is 0 Å². The number of carbonyl (C=O) groups is 1. The van der Waals surface area contributed by atoms with Crippen molar-refractivity contribution < 1.29 is 23.4 Å². The molecule has 0 radical (unpaired) electrons. The van der Waals surface area contributed by atoms with Crippen LogP contribution in [0.1, 0.15) is 15.9 Å². The molecule has 0 unspecified atom stereocenters. The Morgan fingerprint density at radius 2 is 1.80 bits per heavy atom. The van der Waals surface area contributed by atoms with Gasteiger partial charge in [-0.3, -0.25) is 0 Å². The van der Waals surface area contributed by atoms with E-state index in [1.54, 1.807) is 6.07 Å². The molecule has 0 heterocycles. The lowest BCUT2D eigenvalue weighted by atomic mass is 10.2. The fraction of sp³-hybridized carbons (Fsp3) is 0.0714. The molecule has 6 heteroatoms. The van der Waals surface area contributed by atoms with Crippen molar-refractivity contribution in [1.82, 2.24) is 0 Å². The molecule has 0 bridgehead atoms. The third kappa shape index (κ3) is 3.54. The van der Waals surface area contributed by atoms with Gasteiger partial charge in [0.05, 0.1) is 0 Å². The quantitative estimate of drug-likeness (QED) is 0.913. The molecule has 0 aliphatic rings. The first kappa shape index (κ1) is 14.5. The first-order valence-corrected chi connectivity index (χ1v) is 6.35. The molecule has 0 spiro atoms. The van der Waals surface area contributed by atoms with E-state index in [2.05, 4.69) is 15.9 Å². The maximum atomic E-state index is 13.0. The molecule has 104 valence electrons. The minimum Gasteiger partial charge on any atom is -0.488 e. The van der Waals surface area contributed by atoms with Gasteiger partial charge in [-0.2, -0.15) is 0 Å². The number of hydrogen-bond acceptors (Lipinski definition) is 2. The number of carboxylic acids is 1. The van der Waals surface area contributed by atoms with Gasteiger partial charge in [0.15, 0.2) is 0 Å². The highest BCUT2D eigenvalue weighted by Gasteiger charge is 2.12. The molecule has 20 heavy (non-hydrogen) atoms. The van der Waals surface area contributed by atoms with Gasteiger partial charge in [0.2, 0.25) is 0 Å². The summed E-state index contributed by atoms with van der Waals surface area (Å²) < 4.78 is 32.0. The van der Waals surface area contributed by atoms with Gasteiger partial charge in [-0.15, -0.1) is 0 Å². The summed E-state index contributed by atoms with van der Waals surface area (Å²) in [5.74, 6) is -2.44. The van der Waals surface area contributed by atoms with Crippen LogP contribution in [0.3, 0.4) is 0 Å². The van der Waals surface area contributed by atoms with Crippen LogP contribution in [-0.2, 0) is 6.61 Å². The van der Waals surface area contributed by atoms with Crippen LogP contribution in [0.15, 0.2) is 40.9 Å². The Labute approximate surface area is 121 Å². The van der Waals surface area contributed by atoms with Crippen LogP contribution in [-0.4, -0.2) is 11.1 Å². The van der Waals surface area contributed by atoms with Crippen LogP contribution < -0.4 is 4.74 Å². The van der Waals surface area contributed by atoms with E-state index in [4.69, 9.17) is 9.84 Å². The van der Waals surface area contributed by atoms with Crippen LogP contribution in [0.5, 0.6) is 5.75 Å². The predicted molar refractivity (Wildman–Crippen MR) is 71.8 cm³/mol. The summed E-state index contributed by atoms with van der Waals surface area (Å²) in [6.45, 7) is -0.134. The van der Waals surface area contributed by atoms with Crippen molar-refractivity contribution >= 4 is 21.9 Å². The molecular weight excluding hydrogens is 334 g/mol. The molecule has 0 fully saturated rings. The standard InChI is InChI=1S/C14H9BrF2O3/c15-9-1-2-12(14(18)19)13(5-9)20-7-8-3-10(16)6-11(17)4-8/h1-6H,7H2,(H,18,19). The molecule has 2 aromatic rings. The first-order valence-electron chi connectivity index (χ1n) is 5.56. The van der Waals surface area contributed by atoms with Gasteiger partial charge in [0.25, 0.3) is 0 Å². The van der Waals surface area contributed by atoms with E-state index in [9.17, 15) is 13.6 Å². The lowest BCUT2D eigenvalue weighted by Crippen LogP contribution is -2.04. The van der Waals surface area contributed by atoms with Crippen molar-refractivity contribution in [1.29, 1.82) is 0 Å². The molecule has 0 saturated carbocycles. The van der Waals surface area contributed by atoms with Crippen LogP contribution in [0.25, 0.3) is 0 Å². The Kier molecular flexibility index (Phi) is 4.34. The zero-order valence-corrected chi connectivity index (χ0v) is 11.7. The molecule has 1 N–H and O–H groups in total. The Morgan fingerprint density at radius 3 is 2.40 bits per heavy atom. The molecular formula is C14H9BrF2O3. The van der Waals surface area contributed by atoms with Gasteiger partial charge in [-0.05, 0) is 35.9 Å². The van der Waals surface area contributed by atoms with Crippen molar-refractivity contribution in [2.45, 2.75) is 6.61 Å². The number of aromatic carboxylic acids is 1. The second-order valence-corrected chi connectivity index (χ2v) is 4.93. The Balaban J connectivity index is 2.22. The van der Waals surface area contributed by atoms with E-state index in [0.717, 1.165) is 18.2 Å². The van der Waals surface area contributed by atoms with Crippen molar-refractivity contribution in [3.8, 4) is 5.75 Å². The average Bonchev–Trinajstić information content (AvgIpc) is 2.35. The number of carboxylic acid groups (broad SMARTS) is 1. The summed E-state index contributed by atoms with van der Waals surface area (Å²) in [4.78, 5) is 11.0. The molecule has 0 aliphatic heterocycles. The normalized spacial score (nSPS) is 10.3. The molecule has 2 rings (SSSR count). The van der Waals surface area contributed by atoms with E-state index >= 15 is 0 Å². The molecule has 0 atom stereocenters. The molecule has 0 amide bonds. The average molecular weight is 343 g/mol. The molecule has 3 nitrogen and oxygen atoms in total. The Hall–Kier alpha value is -1.95. The van der Waals surface area contributed by atoms with Crippen LogP contribution in [0, 0.1) is 11.6 Å². The lowest BCUT2D eigenvalue weighted by Gasteiger charge is -2.10. The van der Waals surface area contributed by atoms with Gasteiger partial charge < -0.3 is 9.84 Å². The zero-order valence-electron chi connectivity index (χ0n) is 10.1. The van der Waals surface area contributed by atoms with Crippen LogP contribution >= 0.6 is 15.9 Å². The molecule has 2 aromatic carbocycles. The Morgan fingerprint density at radius 1 is 1.15 bits per heavy atom. The first-order chi connectivity index (χ1) is 9.45. The minimum absolute atomic E-state index is 0.0231. The molecule has 0 aromatic heterocycles. The topological polar surface area (TPSA) is 46.5 Å². The molecule has 0 saturated heterocycles. The van der Waals surface area contributed by atoms with Gasteiger partial charge >= 0.3 is 5.97 Å². The fourth-order valence-corrected chi connectivity index (χ4v) is 1.99. The van der Waals surface area contributed by atoms with E-state index < -0.39 is 17.6 Å². The second-order valence-electron chi connectivity index (χ2n) is 4.01. The summed E-state index contributed by atoms with van der Waals surface area (Å²) >= 11 is 3.20. The SMILES string of the molecule is O=C(O)c1ccc(Br)cc1OCc1cc(F)cc(F)c1. The van der Waals surface area contributed by atoms with Gasteiger partial charge in [-0.25, -0.2) is 13.6 Å². The van der Waals surface area contributed by atoms with Crippen molar-refractivity contribution in [3.05, 3.63) is 63.6 Å². The fourth-order valence-electron chi connectivity index (χ4n) is 1.65. The van der Waals surface area contributed by atoms with Gasteiger partial charge in [0.1, 0.15) is 29.6 Å². The highest BCUT2D eigenvalue weighted by Crippen LogP contribution is 2.25.